The molecule has 2 rings (SSSR count). The molecule has 1 aromatic heterocycles. The number of carbonyl (C=O) groups excluding carboxylic acids is 1. The Hall–Kier alpha value is -2.10. The van der Waals surface area contributed by atoms with Crippen molar-refractivity contribution < 1.29 is 9.53 Å². The van der Waals surface area contributed by atoms with Crippen LogP contribution in [0.1, 0.15) is 11.6 Å². The fraction of sp³-hybridized carbons (Fsp3) is 0.167. The SMILES string of the molecule is COc1cccc(C(C=O)n2ccnc2)c1. The van der Waals surface area contributed by atoms with E-state index in [1.807, 2.05) is 24.3 Å². The summed E-state index contributed by atoms with van der Waals surface area (Å²) in [6, 6.07) is 7.10. The highest BCUT2D eigenvalue weighted by atomic mass is 16.5. The molecule has 0 amide bonds. The van der Waals surface area contributed by atoms with Gasteiger partial charge in [-0.1, -0.05) is 12.1 Å². The van der Waals surface area contributed by atoms with Crippen molar-refractivity contribution >= 4 is 6.29 Å². The van der Waals surface area contributed by atoms with Crippen LogP contribution in [0, 0.1) is 0 Å². The van der Waals surface area contributed by atoms with Gasteiger partial charge < -0.3 is 14.1 Å². The Labute approximate surface area is 93.5 Å². The summed E-state index contributed by atoms with van der Waals surface area (Å²) in [5.74, 6) is 0.740. The first-order valence-electron chi connectivity index (χ1n) is 4.92. The molecule has 4 heteroatoms. The van der Waals surface area contributed by atoms with E-state index in [-0.39, 0.29) is 6.04 Å². The zero-order chi connectivity index (χ0) is 11.4. The molecular weight excluding hydrogens is 204 g/mol. The molecule has 0 aliphatic carbocycles. The van der Waals surface area contributed by atoms with Crippen LogP contribution < -0.4 is 4.74 Å². The molecule has 0 aliphatic rings. The quantitative estimate of drug-likeness (QED) is 0.730. The molecule has 0 fully saturated rings. The summed E-state index contributed by atoms with van der Waals surface area (Å²) in [7, 11) is 1.60. The van der Waals surface area contributed by atoms with Crippen LogP contribution in [0.2, 0.25) is 0 Å². The van der Waals surface area contributed by atoms with Crippen molar-refractivity contribution in [2.75, 3.05) is 7.11 Å². The number of aromatic nitrogens is 2. The van der Waals surface area contributed by atoms with Gasteiger partial charge in [-0.2, -0.15) is 0 Å². The summed E-state index contributed by atoms with van der Waals surface area (Å²) in [5.41, 5.74) is 0.882. The fourth-order valence-corrected chi connectivity index (χ4v) is 1.58. The molecule has 0 spiro atoms. The van der Waals surface area contributed by atoms with Crippen molar-refractivity contribution in [3.05, 3.63) is 48.5 Å². The van der Waals surface area contributed by atoms with Gasteiger partial charge in [0.1, 0.15) is 18.1 Å². The van der Waals surface area contributed by atoms with E-state index in [0.717, 1.165) is 17.6 Å². The molecule has 0 saturated carbocycles. The average molecular weight is 216 g/mol. The van der Waals surface area contributed by atoms with E-state index in [1.165, 1.54) is 0 Å². The van der Waals surface area contributed by atoms with Crippen molar-refractivity contribution in [3.63, 3.8) is 0 Å². The number of imidazole rings is 1. The minimum absolute atomic E-state index is 0.349. The number of ether oxygens (including phenoxy) is 1. The van der Waals surface area contributed by atoms with Crippen molar-refractivity contribution in [1.29, 1.82) is 0 Å². The smallest absolute Gasteiger partial charge is 0.147 e. The van der Waals surface area contributed by atoms with Gasteiger partial charge in [-0.05, 0) is 17.7 Å². The lowest BCUT2D eigenvalue weighted by Gasteiger charge is -2.12. The highest BCUT2D eigenvalue weighted by Crippen LogP contribution is 2.20. The first-order chi connectivity index (χ1) is 7.85. The second-order valence-corrected chi connectivity index (χ2v) is 3.37. The summed E-state index contributed by atoms with van der Waals surface area (Å²) in [6.45, 7) is 0. The molecule has 1 heterocycles. The molecule has 0 N–H and O–H groups in total. The molecule has 1 aromatic carbocycles. The van der Waals surface area contributed by atoms with Gasteiger partial charge in [0, 0.05) is 12.4 Å². The predicted octanol–water partition coefficient (Wildman–Crippen LogP) is 1.68. The summed E-state index contributed by atoms with van der Waals surface area (Å²) in [4.78, 5) is 15.0. The van der Waals surface area contributed by atoms with Crippen molar-refractivity contribution in [1.82, 2.24) is 9.55 Å². The van der Waals surface area contributed by atoms with Crippen LogP contribution >= 0.6 is 0 Å². The van der Waals surface area contributed by atoms with Gasteiger partial charge in [-0.3, -0.25) is 0 Å². The first kappa shape index (κ1) is 10.4. The summed E-state index contributed by atoms with van der Waals surface area (Å²) < 4.78 is 6.88. The summed E-state index contributed by atoms with van der Waals surface area (Å²) >= 11 is 0. The molecule has 0 saturated heterocycles. The molecule has 0 radical (unpaired) electrons. The van der Waals surface area contributed by atoms with E-state index in [9.17, 15) is 4.79 Å². The molecule has 82 valence electrons. The zero-order valence-electron chi connectivity index (χ0n) is 8.91. The number of rotatable bonds is 4. The van der Waals surface area contributed by atoms with Crippen LogP contribution in [-0.2, 0) is 4.79 Å². The van der Waals surface area contributed by atoms with E-state index in [1.54, 1.807) is 30.4 Å². The lowest BCUT2D eigenvalue weighted by molar-refractivity contribution is -0.109. The third-order valence-electron chi connectivity index (χ3n) is 2.41. The molecule has 0 bridgehead atoms. The van der Waals surface area contributed by atoms with E-state index in [4.69, 9.17) is 4.74 Å². The zero-order valence-corrected chi connectivity index (χ0v) is 8.91. The summed E-state index contributed by atoms with van der Waals surface area (Å²) in [5, 5.41) is 0. The van der Waals surface area contributed by atoms with Crippen molar-refractivity contribution in [2.24, 2.45) is 0 Å². The number of methoxy groups -OCH3 is 1. The highest BCUT2D eigenvalue weighted by Gasteiger charge is 2.12. The molecule has 1 unspecified atom stereocenters. The standard InChI is InChI=1S/C12H12N2O2/c1-16-11-4-2-3-10(7-11)12(8-15)14-6-5-13-9-14/h2-9,12H,1H3. The Morgan fingerprint density at radius 1 is 1.50 bits per heavy atom. The second-order valence-electron chi connectivity index (χ2n) is 3.37. The van der Waals surface area contributed by atoms with Gasteiger partial charge in [0.25, 0.3) is 0 Å². The van der Waals surface area contributed by atoms with E-state index < -0.39 is 0 Å². The fourth-order valence-electron chi connectivity index (χ4n) is 1.58. The Morgan fingerprint density at radius 2 is 2.38 bits per heavy atom. The Kier molecular flexibility index (Phi) is 3.00. The average Bonchev–Trinajstić information content (AvgIpc) is 2.84. The van der Waals surface area contributed by atoms with Crippen LogP contribution in [0.25, 0.3) is 0 Å². The molecule has 16 heavy (non-hydrogen) atoms. The summed E-state index contributed by atoms with van der Waals surface area (Å²) in [6.07, 6.45) is 5.92. The van der Waals surface area contributed by atoms with Gasteiger partial charge in [0.05, 0.1) is 13.4 Å². The first-order valence-corrected chi connectivity index (χ1v) is 4.92. The Bertz CT molecular complexity index is 466. The van der Waals surface area contributed by atoms with Gasteiger partial charge >= 0.3 is 0 Å². The maximum absolute atomic E-state index is 11.1. The van der Waals surface area contributed by atoms with Gasteiger partial charge in [-0.15, -0.1) is 0 Å². The molecule has 0 aliphatic heterocycles. The molecular formula is C12H12N2O2. The minimum Gasteiger partial charge on any atom is -0.497 e. The third kappa shape index (κ3) is 1.95. The van der Waals surface area contributed by atoms with Crippen LogP contribution in [0.3, 0.4) is 0 Å². The molecule has 4 nitrogen and oxygen atoms in total. The van der Waals surface area contributed by atoms with E-state index in [0.29, 0.717) is 0 Å². The number of hydrogen-bond donors (Lipinski definition) is 0. The Morgan fingerprint density at radius 3 is 3.00 bits per heavy atom. The number of carbonyl (C=O) groups is 1. The largest absolute Gasteiger partial charge is 0.497 e. The lowest BCUT2D eigenvalue weighted by atomic mass is 10.1. The van der Waals surface area contributed by atoms with Gasteiger partial charge in [0.15, 0.2) is 0 Å². The molecule has 1 atom stereocenters. The molecule has 2 aromatic rings. The highest BCUT2D eigenvalue weighted by molar-refractivity contribution is 5.62. The van der Waals surface area contributed by atoms with Crippen LogP contribution in [0.15, 0.2) is 43.0 Å². The Balaban J connectivity index is 2.37. The number of hydrogen-bond acceptors (Lipinski definition) is 3. The van der Waals surface area contributed by atoms with E-state index in [2.05, 4.69) is 4.98 Å². The number of benzene rings is 1. The maximum Gasteiger partial charge on any atom is 0.147 e. The van der Waals surface area contributed by atoms with Crippen LogP contribution in [0.4, 0.5) is 0 Å². The topological polar surface area (TPSA) is 44.1 Å². The van der Waals surface area contributed by atoms with E-state index >= 15 is 0 Å². The van der Waals surface area contributed by atoms with Gasteiger partial charge in [0.2, 0.25) is 0 Å². The minimum atomic E-state index is -0.349. The van der Waals surface area contributed by atoms with Gasteiger partial charge in [-0.25, -0.2) is 4.98 Å². The maximum atomic E-state index is 11.1. The number of aldehydes is 1. The number of nitrogens with zero attached hydrogens (tertiary/aromatic N) is 2. The van der Waals surface area contributed by atoms with Crippen molar-refractivity contribution in [3.8, 4) is 5.75 Å². The van der Waals surface area contributed by atoms with Crippen LogP contribution in [-0.4, -0.2) is 22.9 Å². The second kappa shape index (κ2) is 4.61. The lowest BCUT2D eigenvalue weighted by Crippen LogP contribution is -2.10. The predicted molar refractivity (Wildman–Crippen MR) is 59.4 cm³/mol. The third-order valence-corrected chi connectivity index (χ3v) is 2.41. The normalized spacial score (nSPS) is 12.1. The van der Waals surface area contributed by atoms with Crippen LogP contribution in [0.5, 0.6) is 5.75 Å². The van der Waals surface area contributed by atoms with Crippen molar-refractivity contribution in [2.45, 2.75) is 6.04 Å². The monoisotopic (exact) mass is 216 g/mol.